The molecule has 1 aliphatic heterocycles. The zero-order valence-electron chi connectivity index (χ0n) is 17.7. The normalized spacial score (nSPS) is 15.3. The molecule has 33 heavy (non-hydrogen) atoms. The Morgan fingerprint density at radius 3 is 2.36 bits per heavy atom. The number of hydrogen-bond donors (Lipinski definition) is 2. The maximum absolute atomic E-state index is 12.8. The number of anilines is 2. The van der Waals surface area contributed by atoms with Crippen LogP contribution in [-0.4, -0.2) is 17.3 Å². The lowest BCUT2D eigenvalue weighted by Gasteiger charge is -2.27. The third-order valence-electron chi connectivity index (χ3n) is 5.66. The van der Waals surface area contributed by atoms with Gasteiger partial charge in [-0.15, -0.1) is 0 Å². The minimum atomic E-state index is -4.47. The van der Waals surface area contributed by atoms with E-state index in [2.05, 4.69) is 21.8 Å². The van der Waals surface area contributed by atoms with Crippen LogP contribution in [0.3, 0.4) is 0 Å². The van der Waals surface area contributed by atoms with Crippen molar-refractivity contribution < 1.29 is 17.4 Å². The van der Waals surface area contributed by atoms with Gasteiger partial charge in [0.1, 0.15) is 9.92 Å². The van der Waals surface area contributed by atoms with Gasteiger partial charge < -0.3 is 4.90 Å². The molecule has 0 spiro atoms. The van der Waals surface area contributed by atoms with Crippen molar-refractivity contribution in [1.29, 1.82) is 4.78 Å². The van der Waals surface area contributed by atoms with E-state index in [1.165, 1.54) is 5.56 Å². The topological polar surface area (TPSA) is 56.2 Å². The summed E-state index contributed by atoms with van der Waals surface area (Å²) < 4.78 is 61.8. The summed E-state index contributed by atoms with van der Waals surface area (Å²) in [6.45, 7) is 0.881. The number of halogens is 4. The van der Waals surface area contributed by atoms with E-state index in [1.54, 1.807) is 0 Å². The number of aryl methyl sites for hydroxylation is 2. The molecule has 0 saturated heterocycles. The van der Waals surface area contributed by atoms with Crippen molar-refractivity contribution in [3.05, 3.63) is 88.4 Å². The molecule has 0 radical (unpaired) electrons. The molecule has 2 N–H and O–H groups in total. The summed E-state index contributed by atoms with van der Waals surface area (Å²) in [7, 11) is -3.41. The van der Waals surface area contributed by atoms with Gasteiger partial charge in [0, 0.05) is 29.5 Å². The van der Waals surface area contributed by atoms with Crippen LogP contribution >= 0.6 is 11.6 Å². The third-order valence-corrected chi connectivity index (χ3v) is 7.44. The average molecular weight is 494 g/mol. The van der Waals surface area contributed by atoms with E-state index < -0.39 is 21.7 Å². The lowest BCUT2D eigenvalue weighted by molar-refractivity contribution is -0.137. The van der Waals surface area contributed by atoms with Crippen LogP contribution in [0.25, 0.3) is 0 Å². The molecular formula is C24H23ClF3N3OS. The summed E-state index contributed by atoms with van der Waals surface area (Å²) >= 11 is 6.22. The third kappa shape index (κ3) is 5.34. The molecule has 1 heterocycles. The highest BCUT2D eigenvalue weighted by Gasteiger charge is 2.30. The second-order valence-electron chi connectivity index (χ2n) is 7.88. The lowest BCUT2D eigenvalue weighted by atomic mass is 10.0. The van der Waals surface area contributed by atoms with E-state index in [4.69, 9.17) is 16.4 Å². The minimum Gasteiger partial charge on any atom is -0.341 e. The molecule has 174 valence electrons. The molecule has 1 unspecified atom stereocenters. The number of hydrogen-bond acceptors (Lipinski definition) is 3. The van der Waals surface area contributed by atoms with E-state index >= 15 is 0 Å². The average Bonchev–Trinajstić information content (AvgIpc) is 2.93. The van der Waals surface area contributed by atoms with Gasteiger partial charge in [0.05, 0.1) is 10.5 Å². The fraction of sp³-hybridized carbons (Fsp3) is 0.250. The zero-order chi connectivity index (χ0) is 23.6. The molecule has 0 aromatic heterocycles. The van der Waals surface area contributed by atoms with Gasteiger partial charge in [-0.1, -0.05) is 29.8 Å². The van der Waals surface area contributed by atoms with Gasteiger partial charge in [-0.05, 0) is 78.9 Å². The number of alkyl halides is 3. The Morgan fingerprint density at radius 2 is 1.64 bits per heavy atom. The number of nitrogens with zero attached hydrogens (tertiary/aromatic N) is 1. The Morgan fingerprint density at radius 1 is 0.970 bits per heavy atom. The molecule has 0 fully saturated rings. The van der Waals surface area contributed by atoms with Crippen molar-refractivity contribution in [1.82, 2.24) is 4.72 Å². The fourth-order valence-corrected chi connectivity index (χ4v) is 5.33. The predicted molar refractivity (Wildman–Crippen MR) is 125 cm³/mol. The minimum absolute atomic E-state index is 0.0237. The Bertz CT molecular complexity index is 1240. The summed E-state index contributed by atoms with van der Waals surface area (Å²) in [6.07, 6.45) is -2.13. The Labute approximate surface area is 196 Å². The smallest absolute Gasteiger partial charge is 0.341 e. The van der Waals surface area contributed by atoms with Crippen LogP contribution in [0.5, 0.6) is 0 Å². The van der Waals surface area contributed by atoms with E-state index in [0.29, 0.717) is 18.0 Å². The van der Waals surface area contributed by atoms with Gasteiger partial charge >= 0.3 is 6.18 Å². The summed E-state index contributed by atoms with van der Waals surface area (Å²) in [5.74, 6) is 0. The molecule has 3 aromatic rings. The lowest BCUT2D eigenvalue weighted by Crippen LogP contribution is -2.28. The van der Waals surface area contributed by atoms with E-state index in [0.717, 1.165) is 54.0 Å². The monoisotopic (exact) mass is 493 g/mol. The van der Waals surface area contributed by atoms with Crippen LogP contribution in [0.4, 0.5) is 24.5 Å². The summed E-state index contributed by atoms with van der Waals surface area (Å²) in [6, 6.07) is 17.9. The van der Waals surface area contributed by atoms with E-state index in [1.807, 2.05) is 30.3 Å². The first-order valence-electron chi connectivity index (χ1n) is 10.5. The highest BCUT2D eigenvalue weighted by Crippen LogP contribution is 2.37. The molecule has 9 heteroatoms. The first-order valence-corrected chi connectivity index (χ1v) is 12.4. The van der Waals surface area contributed by atoms with E-state index in [9.17, 15) is 17.4 Å². The van der Waals surface area contributed by atoms with Gasteiger partial charge in [0.25, 0.3) is 0 Å². The van der Waals surface area contributed by atoms with Crippen molar-refractivity contribution in [3.63, 3.8) is 0 Å². The van der Waals surface area contributed by atoms with Crippen molar-refractivity contribution >= 4 is 32.9 Å². The molecule has 4 rings (SSSR count). The maximum atomic E-state index is 12.8. The molecular weight excluding hydrogens is 471 g/mol. The van der Waals surface area contributed by atoms with Gasteiger partial charge in [-0.3, -0.25) is 0 Å². The highest BCUT2D eigenvalue weighted by atomic mass is 35.5. The van der Waals surface area contributed by atoms with Crippen LogP contribution in [-0.2, 0) is 28.9 Å². The second kappa shape index (κ2) is 9.37. The first kappa shape index (κ1) is 23.6. The maximum Gasteiger partial charge on any atom is 0.416 e. The van der Waals surface area contributed by atoms with Crippen LogP contribution in [0, 0.1) is 4.78 Å². The molecule has 0 bridgehead atoms. The molecule has 4 nitrogen and oxygen atoms in total. The van der Waals surface area contributed by atoms with Gasteiger partial charge in [0.2, 0.25) is 0 Å². The summed E-state index contributed by atoms with van der Waals surface area (Å²) in [5, 5.41) is 0.687. The van der Waals surface area contributed by atoms with Gasteiger partial charge in [-0.2, -0.15) is 13.2 Å². The van der Waals surface area contributed by atoms with E-state index in [-0.39, 0.29) is 11.4 Å². The van der Waals surface area contributed by atoms with Crippen molar-refractivity contribution in [2.45, 2.75) is 30.3 Å². The Hall–Kier alpha value is -2.55. The molecule has 1 atom stereocenters. The number of benzene rings is 3. The van der Waals surface area contributed by atoms with Crippen molar-refractivity contribution in [2.75, 3.05) is 18.0 Å². The van der Waals surface area contributed by atoms with Crippen LogP contribution in [0.1, 0.15) is 23.1 Å². The molecule has 0 saturated carbocycles. The SMILES string of the molecule is N=S(=O)(NCCCN1c2ccccc2CCc2cc(Cl)ccc21)c1ccc(C(F)(F)F)cc1. The van der Waals surface area contributed by atoms with Crippen LogP contribution in [0.2, 0.25) is 5.02 Å². The summed E-state index contributed by atoms with van der Waals surface area (Å²) in [4.78, 5) is 2.23. The van der Waals surface area contributed by atoms with Crippen molar-refractivity contribution in [3.8, 4) is 0 Å². The number of para-hydroxylation sites is 1. The quantitative estimate of drug-likeness (QED) is 0.380. The zero-order valence-corrected chi connectivity index (χ0v) is 19.2. The Balaban J connectivity index is 1.46. The van der Waals surface area contributed by atoms with Crippen LogP contribution < -0.4 is 9.62 Å². The van der Waals surface area contributed by atoms with Gasteiger partial charge in [-0.25, -0.2) is 13.7 Å². The highest BCUT2D eigenvalue weighted by molar-refractivity contribution is 7.90. The predicted octanol–water partition coefficient (Wildman–Crippen LogP) is 6.60. The standard InChI is InChI=1S/C24H23ClF3N3OS/c25-20-10-13-23-18(16-20)7-6-17-4-1-2-5-22(17)31(23)15-3-14-30-33(29,32)21-11-8-19(9-12-21)24(26,27)28/h1-2,4-5,8-13,16H,3,6-7,14-15H2,(H2,29,30,32). The first-order chi connectivity index (χ1) is 15.6. The molecule has 0 amide bonds. The largest absolute Gasteiger partial charge is 0.416 e. The second-order valence-corrected chi connectivity index (χ2v) is 10.2. The van der Waals surface area contributed by atoms with Crippen LogP contribution in [0.15, 0.2) is 71.6 Å². The number of fused-ring (bicyclic) bond motifs is 2. The number of rotatable bonds is 6. The molecule has 3 aromatic carbocycles. The van der Waals surface area contributed by atoms with Crippen molar-refractivity contribution in [2.24, 2.45) is 0 Å². The molecule has 0 aliphatic carbocycles. The fourth-order valence-electron chi connectivity index (χ4n) is 4.02. The Kier molecular flexibility index (Phi) is 6.70. The molecule has 1 aliphatic rings. The number of nitrogens with one attached hydrogen (secondary N) is 2. The van der Waals surface area contributed by atoms with Gasteiger partial charge in [0.15, 0.2) is 0 Å². The summed E-state index contributed by atoms with van der Waals surface area (Å²) in [5.41, 5.74) is 3.72.